The maximum absolute atomic E-state index is 13.1. The Kier molecular flexibility index (Phi) is 5.03. The molecule has 2 amide bonds. The number of anilines is 1. The third-order valence-corrected chi connectivity index (χ3v) is 6.33. The Morgan fingerprint density at radius 2 is 2.14 bits per heavy atom. The van der Waals surface area contributed by atoms with Gasteiger partial charge in [-0.2, -0.15) is 5.26 Å². The Morgan fingerprint density at radius 1 is 1.38 bits per heavy atom. The third-order valence-electron chi connectivity index (χ3n) is 6.33. The van der Waals surface area contributed by atoms with Crippen LogP contribution in [0, 0.1) is 11.3 Å². The average molecular weight is 394 g/mol. The minimum absolute atomic E-state index is 0.00731. The van der Waals surface area contributed by atoms with Gasteiger partial charge in [-0.1, -0.05) is 18.7 Å². The summed E-state index contributed by atoms with van der Waals surface area (Å²) in [6, 6.07) is 8.52. The molecule has 3 aliphatic heterocycles. The van der Waals surface area contributed by atoms with Gasteiger partial charge in [0.15, 0.2) is 0 Å². The second kappa shape index (κ2) is 7.50. The largest absolute Gasteiger partial charge is 0.366 e. The molecule has 8 heteroatoms. The van der Waals surface area contributed by atoms with Crippen LogP contribution in [0.2, 0.25) is 0 Å². The smallest absolute Gasteiger partial charge is 0.250 e. The quantitative estimate of drug-likeness (QED) is 0.721. The number of fused-ring (bicyclic) bond motifs is 2. The molecule has 3 fully saturated rings. The minimum Gasteiger partial charge on any atom is -0.366 e. The molecule has 3 aliphatic rings. The summed E-state index contributed by atoms with van der Waals surface area (Å²) in [7, 11) is 0. The first-order valence-corrected chi connectivity index (χ1v) is 9.99. The van der Waals surface area contributed by atoms with Gasteiger partial charge >= 0.3 is 0 Å². The van der Waals surface area contributed by atoms with Crippen molar-refractivity contribution in [2.24, 2.45) is 11.5 Å². The summed E-state index contributed by atoms with van der Waals surface area (Å²) >= 11 is 0. The van der Waals surface area contributed by atoms with Gasteiger partial charge in [-0.3, -0.25) is 14.5 Å². The fourth-order valence-electron chi connectivity index (χ4n) is 4.89. The van der Waals surface area contributed by atoms with Crippen molar-refractivity contribution < 1.29 is 9.59 Å². The molecule has 0 aliphatic carbocycles. The van der Waals surface area contributed by atoms with E-state index in [1.807, 2.05) is 4.90 Å². The summed E-state index contributed by atoms with van der Waals surface area (Å²) in [5.74, 6) is -0.562. The van der Waals surface area contributed by atoms with Crippen LogP contribution in [0.3, 0.4) is 0 Å². The molecular weight excluding hydrogens is 368 g/mol. The molecule has 2 bridgehead atoms. The van der Waals surface area contributed by atoms with Gasteiger partial charge in [-0.25, -0.2) is 0 Å². The number of piperazine rings is 1. The number of hydrogen-bond acceptors (Lipinski definition) is 6. The summed E-state index contributed by atoms with van der Waals surface area (Å²) in [5, 5.41) is 9.30. The standard InChI is InChI=1S/C21H26N6O2/c1-13(26-8-4-5-14(26)10-22)17(23)12-25-11-15-9-19(25)21(29)27(15)18-7-3-2-6-16(18)20(24)28/h2-3,6-7,14-15,17,19H,1,4-5,8-9,11-12,23H2,(H2,24,28)/t14?,15-,17?,19?/m0/s1. The Hall–Kier alpha value is -2.89. The zero-order valence-electron chi connectivity index (χ0n) is 16.3. The highest BCUT2D eigenvalue weighted by Crippen LogP contribution is 2.37. The fourth-order valence-corrected chi connectivity index (χ4v) is 4.89. The summed E-state index contributed by atoms with van der Waals surface area (Å²) in [4.78, 5) is 30.7. The van der Waals surface area contributed by atoms with Crippen LogP contribution in [-0.4, -0.2) is 65.4 Å². The van der Waals surface area contributed by atoms with E-state index >= 15 is 0 Å². The normalized spacial score (nSPS) is 27.3. The maximum Gasteiger partial charge on any atom is 0.250 e. The molecule has 0 spiro atoms. The first-order valence-electron chi connectivity index (χ1n) is 9.99. The maximum atomic E-state index is 13.1. The zero-order chi connectivity index (χ0) is 20.7. The topological polar surface area (TPSA) is 120 Å². The second-order valence-electron chi connectivity index (χ2n) is 8.03. The lowest BCUT2D eigenvalue weighted by Crippen LogP contribution is -2.54. The lowest BCUT2D eigenvalue weighted by Gasteiger charge is -2.37. The van der Waals surface area contributed by atoms with Gasteiger partial charge in [0.25, 0.3) is 5.91 Å². The first-order chi connectivity index (χ1) is 13.9. The van der Waals surface area contributed by atoms with E-state index < -0.39 is 5.91 Å². The number of carbonyl (C=O) groups is 2. The van der Waals surface area contributed by atoms with Crippen molar-refractivity contribution in [3.63, 3.8) is 0 Å². The number of amides is 2. The molecular formula is C21H26N6O2. The molecule has 0 saturated carbocycles. The van der Waals surface area contributed by atoms with Crippen molar-refractivity contribution in [3.8, 4) is 6.07 Å². The summed E-state index contributed by atoms with van der Waals surface area (Å²) in [6.45, 7) is 6.13. The number of para-hydroxylation sites is 1. The molecule has 1 aromatic carbocycles. The number of benzene rings is 1. The Morgan fingerprint density at radius 3 is 2.83 bits per heavy atom. The van der Waals surface area contributed by atoms with Crippen molar-refractivity contribution >= 4 is 17.5 Å². The number of nitrogens with zero attached hydrogens (tertiary/aromatic N) is 4. The zero-order valence-corrected chi connectivity index (χ0v) is 16.3. The molecule has 3 unspecified atom stereocenters. The van der Waals surface area contributed by atoms with Gasteiger partial charge in [0.2, 0.25) is 5.91 Å². The summed E-state index contributed by atoms with van der Waals surface area (Å²) in [5.41, 5.74) is 13.6. The average Bonchev–Trinajstić information content (AvgIpc) is 3.41. The Bertz CT molecular complexity index is 893. The molecule has 3 heterocycles. The van der Waals surface area contributed by atoms with Gasteiger partial charge < -0.3 is 21.3 Å². The molecule has 152 valence electrons. The van der Waals surface area contributed by atoms with E-state index in [1.54, 1.807) is 29.2 Å². The van der Waals surface area contributed by atoms with Crippen molar-refractivity contribution in [2.75, 3.05) is 24.5 Å². The van der Waals surface area contributed by atoms with Crippen LogP contribution >= 0.6 is 0 Å². The van der Waals surface area contributed by atoms with E-state index in [1.165, 1.54) is 0 Å². The lowest BCUT2D eigenvalue weighted by molar-refractivity contribution is -0.122. The number of nitrogens with two attached hydrogens (primary N) is 2. The van der Waals surface area contributed by atoms with Crippen molar-refractivity contribution in [1.82, 2.24) is 9.80 Å². The summed E-state index contributed by atoms with van der Waals surface area (Å²) in [6.07, 6.45) is 2.50. The molecule has 3 saturated heterocycles. The van der Waals surface area contributed by atoms with Crippen molar-refractivity contribution in [2.45, 2.75) is 43.4 Å². The van der Waals surface area contributed by atoms with Crippen LogP contribution in [-0.2, 0) is 4.79 Å². The third kappa shape index (κ3) is 3.26. The Balaban J connectivity index is 1.45. The molecule has 29 heavy (non-hydrogen) atoms. The van der Waals surface area contributed by atoms with Crippen LogP contribution in [0.25, 0.3) is 0 Å². The minimum atomic E-state index is -0.538. The molecule has 4 rings (SSSR count). The monoisotopic (exact) mass is 394 g/mol. The van der Waals surface area contributed by atoms with Crippen LogP contribution in [0.15, 0.2) is 36.5 Å². The van der Waals surface area contributed by atoms with E-state index in [4.69, 9.17) is 11.5 Å². The number of rotatable bonds is 6. The van der Waals surface area contributed by atoms with Crippen molar-refractivity contribution in [1.29, 1.82) is 5.26 Å². The van der Waals surface area contributed by atoms with Crippen LogP contribution in [0.5, 0.6) is 0 Å². The van der Waals surface area contributed by atoms with Crippen molar-refractivity contribution in [3.05, 3.63) is 42.1 Å². The van der Waals surface area contributed by atoms with Crippen LogP contribution in [0.1, 0.15) is 29.6 Å². The van der Waals surface area contributed by atoms with Gasteiger partial charge in [-0.05, 0) is 31.4 Å². The summed E-state index contributed by atoms with van der Waals surface area (Å²) < 4.78 is 0. The SMILES string of the molecule is C=C(C(N)CN1C[C@@H]2CC1C(=O)N2c1ccccc1C(N)=O)N1CCCC1C#N. The first kappa shape index (κ1) is 19.4. The number of primary amides is 1. The van der Waals surface area contributed by atoms with E-state index in [-0.39, 0.29) is 30.1 Å². The van der Waals surface area contributed by atoms with Crippen LogP contribution < -0.4 is 16.4 Å². The van der Waals surface area contributed by atoms with E-state index in [9.17, 15) is 14.9 Å². The van der Waals surface area contributed by atoms with Gasteiger partial charge in [0.1, 0.15) is 6.04 Å². The highest BCUT2D eigenvalue weighted by Gasteiger charge is 2.51. The van der Waals surface area contributed by atoms with E-state index in [0.29, 0.717) is 30.8 Å². The second-order valence-corrected chi connectivity index (χ2v) is 8.03. The van der Waals surface area contributed by atoms with E-state index in [2.05, 4.69) is 17.5 Å². The highest BCUT2D eigenvalue weighted by atomic mass is 16.2. The number of nitriles is 1. The predicted molar refractivity (Wildman–Crippen MR) is 109 cm³/mol. The molecule has 4 N–H and O–H groups in total. The van der Waals surface area contributed by atoms with Gasteiger partial charge in [0.05, 0.1) is 35.4 Å². The number of carbonyl (C=O) groups excluding carboxylic acids is 2. The highest BCUT2D eigenvalue weighted by molar-refractivity contribution is 6.07. The fraction of sp³-hybridized carbons (Fsp3) is 0.476. The van der Waals surface area contributed by atoms with E-state index in [0.717, 1.165) is 25.1 Å². The molecule has 0 radical (unpaired) electrons. The number of hydrogen-bond donors (Lipinski definition) is 2. The molecule has 0 aromatic heterocycles. The van der Waals surface area contributed by atoms with Crippen LogP contribution in [0.4, 0.5) is 5.69 Å². The van der Waals surface area contributed by atoms with Gasteiger partial charge in [0, 0.05) is 25.3 Å². The molecule has 1 aromatic rings. The number of likely N-dealkylation sites (tertiary alicyclic amines) is 2. The van der Waals surface area contributed by atoms with Gasteiger partial charge in [-0.15, -0.1) is 0 Å². The molecule has 4 atom stereocenters. The predicted octanol–water partition coefficient (Wildman–Crippen LogP) is 0.404. The Labute approximate surface area is 170 Å². The lowest BCUT2D eigenvalue weighted by atomic mass is 10.1. The molecule has 8 nitrogen and oxygen atoms in total.